The molecule has 0 unspecified atom stereocenters. The Morgan fingerprint density at radius 1 is 0.667 bits per heavy atom. The SMILES string of the molecule is Nc1c(C(F)(F)F)ccc(N(C(F)(F)F)C(F)(F)F)c1C(F)(F)F. The van der Waals surface area contributed by atoms with Crippen LogP contribution in [0.1, 0.15) is 11.1 Å². The molecule has 1 aromatic carbocycles. The number of rotatable bonds is 1. The molecule has 1 rings (SSSR count). The monoisotopic (exact) mass is 380 g/mol. The predicted octanol–water partition coefficient (Wildman–Crippen LogP) is 5.15. The van der Waals surface area contributed by atoms with E-state index < -0.39 is 64.5 Å². The second kappa shape index (κ2) is 5.51. The van der Waals surface area contributed by atoms with Crippen LogP contribution in [0.25, 0.3) is 0 Å². The third-order valence-electron chi connectivity index (χ3n) is 2.56. The lowest BCUT2D eigenvalue weighted by Gasteiger charge is -2.31. The number of halogens is 12. The molecule has 2 nitrogen and oxygen atoms in total. The van der Waals surface area contributed by atoms with Gasteiger partial charge < -0.3 is 5.73 Å². The van der Waals surface area contributed by atoms with Gasteiger partial charge in [0.2, 0.25) is 0 Å². The van der Waals surface area contributed by atoms with Crippen molar-refractivity contribution >= 4 is 11.4 Å². The molecule has 0 atom stereocenters. The molecule has 138 valence electrons. The lowest BCUT2D eigenvalue weighted by Crippen LogP contribution is -2.49. The first-order valence-electron chi connectivity index (χ1n) is 5.39. The lowest BCUT2D eigenvalue weighted by atomic mass is 10.0. The summed E-state index contributed by atoms with van der Waals surface area (Å²) in [5, 5.41) is 0. The van der Waals surface area contributed by atoms with Crippen molar-refractivity contribution in [3.63, 3.8) is 0 Å². The third-order valence-corrected chi connectivity index (χ3v) is 2.56. The highest BCUT2D eigenvalue weighted by Gasteiger charge is 2.57. The number of nitrogens with two attached hydrogens (primary N) is 1. The summed E-state index contributed by atoms with van der Waals surface area (Å²) in [5.41, 5.74) is -5.45. The van der Waals surface area contributed by atoms with Crippen molar-refractivity contribution in [2.45, 2.75) is 25.0 Å². The van der Waals surface area contributed by atoms with E-state index in [1.807, 2.05) is 0 Å². The van der Waals surface area contributed by atoms with Crippen molar-refractivity contribution in [3.8, 4) is 0 Å². The van der Waals surface area contributed by atoms with Gasteiger partial charge in [0, 0.05) is 0 Å². The fraction of sp³-hybridized carbons (Fsp3) is 0.400. The molecule has 2 N–H and O–H groups in total. The average molecular weight is 380 g/mol. The van der Waals surface area contributed by atoms with Crippen molar-refractivity contribution in [1.82, 2.24) is 0 Å². The van der Waals surface area contributed by atoms with Crippen molar-refractivity contribution in [1.29, 1.82) is 0 Å². The molecule has 0 amide bonds. The van der Waals surface area contributed by atoms with Gasteiger partial charge in [-0.05, 0) is 12.1 Å². The molecule has 0 aliphatic heterocycles. The number of anilines is 2. The lowest BCUT2D eigenvalue weighted by molar-refractivity contribution is -0.227. The molecular weight excluding hydrogens is 376 g/mol. The highest BCUT2D eigenvalue weighted by Crippen LogP contribution is 2.49. The topological polar surface area (TPSA) is 29.3 Å². The highest BCUT2D eigenvalue weighted by atomic mass is 19.4. The Morgan fingerprint density at radius 3 is 1.38 bits per heavy atom. The van der Waals surface area contributed by atoms with Crippen LogP contribution in [-0.2, 0) is 12.4 Å². The minimum atomic E-state index is -6.40. The zero-order chi connectivity index (χ0) is 19.3. The normalized spacial score (nSPS) is 14.0. The fourth-order valence-electron chi connectivity index (χ4n) is 1.76. The number of hydrogen-bond acceptors (Lipinski definition) is 2. The first-order chi connectivity index (χ1) is 10.4. The van der Waals surface area contributed by atoms with E-state index in [1.165, 1.54) is 0 Å². The Balaban J connectivity index is 3.87. The van der Waals surface area contributed by atoms with Crippen LogP contribution in [0.4, 0.5) is 64.1 Å². The van der Waals surface area contributed by atoms with E-state index >= 15 is 0 Å². The van der Waals surface area contributed by atoms with E-state index in [0.717, 1.165) is 0 Å². The van der Waals surface area contributed by atoms with Crippen LogP contribution >= 0.6 is 0 Å². The van der Waals surface area contributed by atoms with Gasteiger partial charge in [0.15, 0.2) is 0 Å². The molecule has 0 saturated heterocycles. The van der Waals surface area contributed by atoms with Crippen LogP contribution in [0, 0.1) is 0 Å². The Kier molecular flexibility index (Phi) is 4.60. The minimum Gasteiger partial charge on any atom is -0.398 e. The maximum atomic E-state index is 12.8. The van der Waals surface area contributed by atoms with Crippen molar-refractivity contribution in [3.05, 3.63) is 23.3 Å². The molecule has 14 heteroatoms. The summed E-state index contributed by atoms with van der Waals surface area (Å²) >= 11 is 0. The number of nitrogens with zero attached hydrogens (tertiary/aromatic N) is 1. The number of benzene rings is 1. The summed E-state index contributed by atoms with van der Waals surface area (Å²) in [6, 6.07) is -0.993. The van der Waals surface area contributed by atoms with E-state index in [2.05, 4.69) is 5.73 Å². The number of hydrogen-bond donors (Lipinski definition) is 1. The molecule has 0 fully saturated rings. The Labute approximate surface area is 124 Å². The number of nitrogen functional groups attached to an aromatic ring is 1. The summed E-state index contributed by atoms with van der Waals surface area (Å²) in [6.07, 6.45) is -24.3. The quantitative estimate of drug-likeness (QED) is 0.415. The highest BCUT2D eigenvalue weighted by molar-refractivity contribution is 5.70. The zero-order valence-corrected chi connectivity index (χ0v) is 10.7. The van der Waals surface area contributed by atoms with Crippen LogP contribution in [0.15, 0.2) is 12.1 Å². The van der Waals surface area contributed by atoms with Crippen molar-refractivity contribution < 1.29 is 52.7 Å². The molecular formula is C10H4F12N2. The molecule has 0 radical (unpaired) electrons. The molecule has 0 aromatic heterocycles. The van der Waals surface area contributed by atoms with Gasteiger partial charge in [0.05, 0.1) is 16.9 Å². The van der Waals surface area contributed by atoms with Gasteiger partial charge in [-0.15, -0.1) is 26.3 Å². The number of alkyl halides is 12. The second-order valence-corrected chi connectivity index (χ2v) is 4.19. The molecule has 0 aliphatic carbocycles. The van der Waals surface area contributed by atoms with E-state index in [-0.39, 0.29) is 0 Å². The fourth-order valence-corrected chi connectivity index (χ4v) is 1.76. The third kappa shape index (κ3) is 3.90. The van der Waals surface area contributed by atoms with E-state index in [9.17, 15) is 52.7 Å². The van der Waals surface area contributed by atoms with Crippen LogP contribution in [0.5, 0.6) is 0 Å². The van der Waals surface area contributed by atoms with E-state index in [0.29, 0.717) is 0 Å². The first-order valence-corrected chi connectivity index (χ1v) is 5.39. The first kappa shape index (κ1) is 20.0. The second-order valence-electron chi connectivity index (χ2n) is 4.19. The van der Waals surface area contributed by atoms with Gasteiger partial charge in [-0.1, -0.05) is 0 Å². The maximum absolute atomic E-state index is 12.8. The molecule has 0 saturated carbocycles. The smallest absolute Gasteiger partial charge is 0.398 e. The van der Waals surface area contributed by atoms with Crippen LogP contribution in [0.2, 0.25) is 0 Å². The Bertz CT molecular complexity index is 592. The largest absolute Gasteiger partial charge is 0.491 e. The summed E-state index contributed by atoms with van der Waals surface area (Å²) in [7, 11) is 0. The molecule has 0 aliphatic rings. The van der Waals surface area contributed by atoms with Gasteiger partial charge >= 0.3 is 25.0 Å². The summed E-state index contributed by atoms with van der Waals surface area (Å²) < 4.78 is 151. The van der Waals surface area contributed by atoms with E-state index in [4.69, 9.17) is 0 Å². The minimum absolute atomic E-state index is 0.398. The summed E-state index contributed by atoms with van der Waals surface area (Å²) in [5.74, 6) is 0. The Hall–Kier alpha value is -2.02. The predicted molar refractivity (Wildman–Crippen MR) is 55.4 cm³/mol. The van der Waals surface area contributed by atoms with Crippen LogP contribution in [-0.4, -0.2) is 12.6 Å². The van der Waals surface area contributed by atoms with Crippen LogP contribution in [0.3, 0.4) is 0 Å². The maximum Gasteiger partial charge on any atom is 0.491 e. The van der Waals surface area contributed by atoms with Gasteiger partial charge in [-0.3, -0.25) is 0 Å². The van der Waals surface area contributed by atoms with Gasteiger partial charge in [0.1, 0.15) is 5.56 Å². The van der Waals surface area contributed by atoms with E-state index in [1.54, 1.807) is 0 Å². The molecule has 24 heavy (non-hydrogen) atoms. The van der Waals surface area contributed by atoms with Crippen molar-refractivity contribution in [2.75, 3.05) is 10.6 Å². The van der Waals surface area contributed by atoms with Gasteiger partial charge in [-0.25, -0.2) is 0 Å². The molecule has 0 spiro atoms. The van der Waals surface area contributed by atoms with Gasteiger partial charge in [-0.2, -0.15) is 31.2 Å². The molecule has 0 bridgehead atoms. The van der Waals surface area contributed by atoms with Crippen LogP contribution < -0.4 is 10.6 Å². The summed E-state index contributed by atoms with van der Waals surface area (Å²) in [6.45, 7) is 0. The Morgan fingerprint density at radius 2 is 1.08 bits per heavy atom. The van der Waals surface area contributed by atoms with Crippen molar-refractivity contribution in [2.24, 2.45) is 0 Å². The van der Waals surface area contributed by atoms with Gasteiger partial charge in [0.25, 0.3) is 0 Å². The zero-order valence-electron chi connectivity index (χ0n) is 10.7. The molecule has 1 aromatic rings. The summed E-state index contributed by atoms with van der Waals surface area (Å²) in [4.78, 5) is -2.57. The average Bonchev–Trinajstić information content (AvgIpc) is 2.20. The molecule has 0 heterocycles. The standard InChI is InChI=1S/C10H4F12N2/c11-7(12,13)3-1-2-4(5(6(3)23)8(14,15)16)24(9(17,18)19)10(20,21)22/h1-2H,23H2.